The molecule has 2 aromatic rings. The number of nitrogens with zero attached hydrogens (tertiary/aromatic N) is 3. The molecule has 6 nitrogen and oxygen atoms in total. The number of carbonyl (C=O) groups is 1. The Morgan fingerprint density at radius 3 is 2.83 bits per heavy atom. The van der Waals surface area contributed by atoms with Crippen LogP contribution in [-0.2, 0) is 0 Å². The maximum absolute atomic E-state index is 13.0. The smallest absolute Gasteiger partial charge is 0.291 e. The molecule has 1 aliphatic rings. The molecule has 1 amide bonds. The second-order valence-corrected chi connectivity index (χ2v) is 5.82. The van der Waals surface area contributed by atoms with E-state index in [1.807, 2.05) is 0 Å². The Kier molecular flexibility index (Phi) is 4.38. The van der Waals surface area contributed by atoms with E-state index in [-0.39, 0.29) is 36.1 Å². The average Bonchev–Trinajstić information content (AvgIpc) is 3.14. The quantitative estimate of drug-likeness (QED) is 0.897. The van der Waals surface area contributed by atoms with E-state index < -0.39 is 0 Å². The summed E-state index contributed by atoms with van der Waals surface area (Å²) in [6.45, 7) is 1.81. The van der Waals surface area contributed by atoms with Gasteiger partial charge in [-0.05, 0) is 44.0 Å². The first kappa shape index (κ1) is 15.6. The molecule has 122 valence electrons. The van der Waals surface area contributed by atoms with Gasteiger partial charge in [-0.25, -0.2) is 14.1 Å². The topological polar surface area (TPSA) is 80.0 Å². The Morgan fingerprint density at radius 2 is 2.13 bits per heavy atom. The molecule has 1 aromatic carbocycles. The zero-order valence-electron chi connectivity index (χ0n) is 12.9. The number of hydrogen-bond acceptors (Lipinski definition) is 4. The number of aryl methyl sites for hydroxylation is 1. The summed E-state index contributed by atoms with van der Waals surface area (Å²) in [6.07, 6.45) is 2.76. The molecule has 2 N–H and O–H groups in total. The van der Waals surface area contributed by atoms with Crippen LogP contribution in [0.1, 0.15) is 35.7 Å². The van der Waals surface area contributed by atoms with Crippen LogP contribution in [0.25, 0.3) is 5.69 Å². The number of nitrogens with one attached hydrogen (secondary N) is 1. The fourth-order valence-corrected chi connectivity index (χ4v) is 2.99. The number of aromatic nitrogens is 3. The van der Waals surface area contributed by atoms with Crippen LogP contribution >= 0.6 is 0 Å². The minimum atomic E-state index is -0.348. The van der Waals surface area contributed by atoms with Gasteiger partial charge in [0.1, 0.15) is 11.6 Å². The largest absolute Gasteiger partial charge is 0.396 e. The van der Waals surface area contributed by atoms with Gasteiger partial charge in [0.05, 0.1) is 5.69 Å². The third-order valence-corrected chi connectivity index (χ3v) is 4.25. The number of amides is 1. The number of hydrogen-bond donors (Lipinski definition) is 2. The monoisotopic (exact) mass is 318 g/mol. The summed E-state index contributed by atoms with van der Waals surface area (Å²) < 4.78 is 14.5. The van der Waals surface area contributed by atoms with Gasteiger partial charge in [-0.2, -0.15) is 0 Å². The molecule has 0 spiro atoms. The van der Waals surface area contributed by atoms with Gasteiger partial charge in [0.15, 0.2) is 0 Å². The second kappa shape index (κ2) is 6.45. The molecule has 1 fully saturated rings. The van der Waals surface area contributed by atoms with Crippen LogP contribution < -0.4 is 5.32 Å². The molecule has 23 heavy (non-hydrogen) atoms. The van der Waals surface area contributed by atoms with E-state index in [9.17, 15) is 14.3 Å². The molecule has 7 heteroatoms. The van der Waals surface area contributed by atoms with Gasteiger partial charge in [-0.3, -0.25) is 4.79 Å². The summed E-state index contributed by atoms with van der Waals surface area (Å²) in [7, 11) is 0. The van der Waals surface area contributed by atoms with Crippen molar-refractivity contribution in [2.75, 3.05) is 6.61 Å². The van der Waals surface area contributed by atoms with Crippen molar-refractivity contribution in [1.29, 1.82) is 0 Å². The van der Waals surface area contributed by atoms with Crippen molar-refractivity contribution in [3.8, 4) is 5.69 Å². The Morgan fingerprint density at radius 1 is 1.39 bits per heavy atom. The summed E-state index contributed by atoms with van der Waals surface area (Å²) in [5.74, 6) is 0.0432. The van der Waals surface area contributed by atoms with Crippen molar-refractivity contribution in [1.82, 2.24) is 20.1 Å². The van der Waals surface area contributed by atoms with Crippen LogP contribution in [0.15, 0.2) is 24.3 Å². The van der Waals surface area contributed by atoms with Crippen molar-refractivity contribution in [3.05, 3.63) is 41.7 Å². The molecule has 0 bridgehead atoms. The maximum atomic E-state index is 13.0. The molecule has 1 aliphatic carbocycles. The number of halogens is 1. The highest BCUT2D eigenvalue weighted by atomic mass is 19.1. The molecule has 1 saturated carbocycles. The van der Waals surface area contributed by atoms with Crippen LogP contribution in [-0.4, -0.2) is 38.4 Å². The fourth-order valence-electron chi connectivity index (χ4n) is 2.99. The lowest BCUT2D eigenvalue weighted by Gasteiger charge is -2.17. The normalized spacial score (nSPS) is 20.7. The number of aliphatic hydroxyl groups excluding tert-OH is 1. The Balaban J connectivity index is 1.77. The molecule has 2 atom stereocenters. The van der Waals surface area contributed by atoms with Gasteiger partial charge in [0.25, 0.3) is 5.91 Å². The Bertz CT molecular complexity index is 699. The summed E-state index contributed by atoms with van der Waals surface area (Å²) >= 11 is 0. The van der Waals surface area contributed by atoms with Gasteiger partial charge < -0.3 is 10.4 Å². The van der Waals surface area contributed by atoms with E-state index in [2.05, 4.69) is 15.4 Å². The summed E-state index contributed by atoms with van der Waals surface area (Å²) in [4.78, 5) is 16.5. The van der Waals surface area contributed by atoms with Crippen molar-refractivity contribution in [2.45, 2.75) is 32.2 Å². The lowest BCUT2D eigenvalue weighted by Crippen LogP contribution is -2.39. The zero-order valence-corrected chi connectivity index (χ0v) is 12.9. The highest BCUT2D eigenvalue weighted by Gasteiger charge is 2.29. The highest BCUT2D eigenvalue weighted by molar-refractivity contribution is 5.90. The predicted octanol–water partition coefficient (Wildman–Crippen LogP) is 1.61. The molecular weight excluding hydrogens is 299 g/mol. The summed E-state index contributed by atoms with van der Waals surface area (Å²) in [5, 5.41) is 16.4. The zero-order chi connectivity index (χ0) is 16.4. The van der Waals surface area contributed by atoms with Gasteiger partial charge in [-0.1, -0.05) is 6.42 Å². The first-order chi connectivity index (χ1) is 11.1. The molecule has 3 rings (SSSR count). The number of aliphatic hydroxyl groups is 1. The Hall–Kier alpha value is -2.28. The maximum Gasteiger partial charge on any atom is 0.291 e. The minimum absolute atomic E-state index is 0.0365. The van der Waals surface area contributed by atoms with Gasteiger partial charge in [0, 0.05) is 18.6 Å². The minimum Gasteiger partial charge on any atom is -0.396 e. The van der Waals surface area contributed by atoms with Crippen LogP contribution in [0, 0.1) is 18.7 Å². The van der Waals surface area contributed by atoms with E-state index in [0.29, 0.717) is 11.5 Å². The first-order valence-electron chi connectivity index (χ1n) is 7.70. The van der Waals surface area contributed by atoms with Crippen molar-refractivity contribution in [3.63, 3.8) is 0 Å². The number of carbonyl (C=O) groups excluding carboxylic acids is 1. The van der Waals surface area contributed by atoms with Crippen LogP contribution in [0.3, 0.4) is 0 Å². The first-order valence-corrected chi connectivity index (χ1v) is 7.70. The highest BCUT2D eigenvalue weighted by Crippen LogP contribution is 2.25. The lowest BCUT2D eigenvalue weighted by molar-refractivity contribution is 0.0905. The molecule has 1 heterocycles. The molecule has 1 aromatic heterocycles. The van der Waals surface area contributed by atoms with Crippen molar-refractivity contribution >= 4 is 5.91 Å². The van der Waals surface area contributed by atoms with Crippen molar-refractivity contribution in [2.24, 2.45) is 5.92 Å². The van der Waals surface area contributed by atoms with E-state index >= 15 is 0 Å². The third kappa shape index (κ3) is 3.24. The number of rotatable bonds is 4. The summed E-state index contributed by atoms with van der Waals surface area (Å²) in [5.41, 5.74) is 0.643. The van der Waals surface area contributed by atoms with Crippen LogP contribution in [0.4, 0.5) is 4.39 Å². The van der Waals surface area contributed by atoms with Crippen LogP contribution in [0.2, 0.25) is 0 Å². The lowest BCUT2D eigenvalue weighted by atomic mass is 10.1. The SMILES string of the molecule is Cc1nc(C(=O)N[C@@H]2CCC[C@@H]2CO)nn1-c1ccc(F)cc1. The standard InChI is InChI=1S/C16H19FN4O2/c1-10-18-15(16(23)19-14-4-2-3-11(14)9-22)20-21(10)13-7-5-12(17)6-8-13/h5-8,11,14,22H,2-4,9H2,1H3,(H,19,23)/t11-,14-/m1/s1. The van der Waals surface area contributed by atoms with Crippen LogP contribution in [0.5, 0.6) is 0 Å². The molecular formula is C16H19FN4O2. The molecule has 0 aliphatic heterocycles. The molecule has 0 unspecified atom stereocenters. The van der Waals surface area contributed by atoms with Crippen molar-refractivity contribution < 1.29 is 14.3 Å². The van der Waals surface area contributed by atoms with Gasteiger partial charge in [-0.15, -0.1) is 5.10 Å². The molecule has 0 saturated heterocycles. The number of benzene rings is 1. The average molecular weight is 318 g/mol. The van der Waals surface area contributed by atoms with E-state index in [4.69, 9.17) is 0 Å². The van der Waals surface area contributed by atoms with E-state index in [1.165, 1.54) is 16.8 Å². The third-order valence-electron chi connectivity index (χ3n) is 4.25. The van der Waals surface area contributed by atoms with E-state index in [1.54, 1.807) is 19.1 Å². The second-order valence-electron chi connectivity index (χ2n) is 5.82. The summed E-state index contributed by atoms with van der Waals surface area (Å²) in [6, 6.07) is 5.79. The predicted molar refractivity (Wildman–Crippen MR) is 81.7 cm³/mol. The van der Waals surface area contributed by atoms with Gasteiger partial charge in [0.2, 0.25) is 5.82 Å². The van der Waals surface area contributed by atoms with E-state index in [0.717, 1.165) is 19.3 Å². The fraction of sp³-hybridized carbons (Fsp3) is 0.438. The molecule has 0 radical (unpaired) electrons. The Labute approximate surface area is 133 Å². The van der Waals surface area contributed by atoms with Gasteiger partial charge >= 0.3 is 0 Å².